The molecule has 12 nitrogen and oxygen atoms in total. The quantitative estimate of drug-likeness (QED) is 0.147. The summed E-state index contributed by atoms with van der Waals surface area (Å²) < 4.78 is 0. The van der Waals surface area contributed by atoms with E-state index in [4.69, 9.17) is 20.6 Å². The first kappa shape index (κ1) is 21.7. The first-order valence-corrected chi connectivity index (χ1v) is 6.77. The van der Waals surface area contributed by atoms with E-state index < -0.39 is 49.2 Å². The molecule has 0 rings (SSSR count). The van der Waals surface area contributed by atoms with Crippen molar-refractivity contribution in [2.24, 2.45) is 0 Å². The minimum atomic E-state index is -2.47. The summed E-state index contributed by atoms with van der Waals surface area (Å²) in [5.41, 5.74) is -2.47. The Morgan fingerprint density at radius 1 is 0.917 bits per heavy atom. The van der Waals surface area contributed by atoms with Crippen LogP contribution in [0.2, 0.25) is 0 Å². The molecule has 0 fully saturated rings. The standard InChI is InChI=1S/C12H20N2O10/c1-2-12(22,11(21)24-23)14(7-10(19)20)4-3-13(5-8(15)16)6-9(17)18/h22-23H,2-7H2,1H3,(H,15,16)(H,17,18)(H,19,20). The number of carbonyl (C=O) groups is 4. The highest BCUT2D eigenvalue weighted by atomic mass is 17.1. The number of nitrogens with zero attached hydrogens (tertiary/aromatic N) is 2. The number of rotatable bonds is 12. The van der Waals surface area contributed by atoms with Gasteiger partial charge in [0.25, 0.3) is 0 Å². The van der Waals surface area contributed by atoms with Gasteiger partial charge in [0.2, 0.25) is 5.72 Å². The average Bonchev–Trinajstić information content (AvgIpc) is 2.47. The van der Waals surface area contributed by atoms with E-state index in [1.54, 1.807) is 0 Å². The molecule has 0 aromatic heterocycles. The molecule has 138 valence electrons. The molecule has 0 aromatic carbocycles. The van der Waals surface area contributed by atoms with Crippen LogP contribution in [0.15, 0.2) is 0 Å². The molecule has 0 radical (unpaired) electrons. The number of carboxylic acids is 3. The lowest BCUT2D eigenvalue weighted by Gasteiger charge is -2.35. The van der Waals surface area contributed by atoms with E-state index in [0.717, 1.165) is 9.80 Å². The van der Waals surface area contributed by atoms with Crippen LogP contribution in [0.3, 0.4) is 0 Å². The molecule has 0 saturated heterocycles. The van der Waals surface area contributed by atoms with Gasteiger partial charge in [-0.05, 0) is 6.42 Å². The summed E-state index contributed by atoms with van der Waals surface area (Å²) in [6, 6.07) is 0. The van der Waals surface area contributed by atoms with Crippen molar-refractivity contribution in [3.63, 3.8) is 0 Å². The van der Waals surface area contributed by atoms with Gasteiger partial charge < -0.3 is 20.4 Å². The van der Waals surface area contributed by atoms with Crippen molar-refractivity contribution >= 4 is 23.9 Å². The monoisotopic (exact) mass is 352 g/mol. The predicted molar refractivity (Wildman–Crippen MR) is 74.9 cm³/mol. The smallest absolute Gasteiger partial charge is 0.388 e. The van der Waals surface area contributed by atoms with Crippen LogP contribution in [0, 0.1) is 0 Å². The zero-order chi connectivity index (χ0) is 18.9. The number of aliphatic hydroxyl groups is 1. The van der Waals surface area contributed by atoms with Gasteiger partial charge in [0, 0.05) is 13.1 Å². The molecule has 0 aliphatic heterocycles. The highest BCUT2D eigenvalue weighted by Crippen LogP contribution is 2.18. The van der Waals surface area contributed by atoms with Crippen LogP contribution in [0.25, 0.3) is 0 Å². The Morgan fingerprint density at radius 2 is 1.38 bits per heavy atom. The lowest BCUT2D eigenvalue weighted by molar-refractivity contribution is -0.266. The fraction of sp³-hybridized carbons (Fsp3) is 0.667. The van der Waals surface area contributed by atoms with Gasteiger partial charge in [0.1, 0.15) is 0 Å². The first-order valence-electron chi connectivity index (χ1n) is 6.77. The molecule has 5 N–H and O–H groups in total. The molecule has 0 saturated carbocycles. The third kappa shape index (κ3) is 6.87. The van der Waals surface area contributed by atoms with E-state index in [2.05, 4.69) is 4.89 Å². The van der Waals surface area contributed by atoms with Crippen LogP contribution in [0.5, 0.6) is 0 Å². The Balaban J connectivity index is 5.24. The molecule has 1 unspecified atom stereocenters. The minimum Gasteiger partial charge on any atom is -0.480 e. The number of aliphatic carboxylic acids is 3. The normalized spacial score (nSPS) is 13.5. The molecule has 0 aliphatic rings. The SMILES string of the molecule is CCC(O)(C(=O)OO)N(CCN(CC(=O)O)CC(=O)O)CC(=O)O. The van der Waals surface area contributed by atoms with E-state index in [1.165, 1.54) is 6.92 Å². The van der Waals surface area contributed by atoms with Crippen LogP contribution >= 0.6 is 0 Å². The second kappa shape index (κ2) is 9.77. The summed E-state index contributed by atoms with van der Waals surface area (Å²) in [5.74, 6) is -5.52. The van der Waals surface area contributed by atoms with Crippen LogP contribution < -0.4 is 0 Å². The number of carbonyl (C=O) groups excluding carboxylic acids is 1. The van der Waals surface area contributed by atoms with Gasteiger partial charge in [0.15, 0.2) is 0 Å². The predicted octanol–water partition coefficient (Wildman–Crippen LogP) is -2.04. The van der Waals surface area contributed by atoms with E-state index in [1.807, 2.05) is 0 Å². The number of hydrogen-bond acceptors (Lipinski definition) is 9. The summed E-state index contributed by atoms with van der Waals surface area (Å²) in [6.45, 7) is -1.41. The Morgan fingerprint density at radius 3 is 1.71 bits per heavy atom. The molecule has 1 atom stereocenters. The summed E-state index contributed by atoms with van der Waals surface area (Å²) >= 11 is 0. The lowest BCUT2D eigenvalue weighted by Crippen LogP contribution is -2.58. The van der Waals surface area contributed by atoms with E-state index >= 15 is 0 Å². The van der Waals surface area contributed by atoms with Crippen molar-refractivity contribution in [3.8, 4) is 0 Å². The molecule has 0 spiro atoms. The van der Waals surface area contributed by atoms with Gasteiger partial charge in [-0.15, -0.1) is 0 Å². The molecule has 24 heavy (non-hydrogen) atoms. The number of hydrogen-bond donors (Lipinski definition) is 5. The zero-order valence-electron chi connectivity index (χ0n) is 12.9. The topological polar surface area (TPSA) is 185 Å². The van der Waals surface area contributed by atoms with Crippen LogP contribution in [0.1, 0.15) is 13.3 Å². The maximum absolute atomic E-state index is 11.5. The van der Waals surface area contributed by atoms with Crippen LogP contribution in [-0.4, -0.2) is 97.8 Å². The van der Waals surface area contributed by atoms with Crippen molar-refractivity contribution in [1.29, 1.82) is 0 Å². The van der Waals surface area contributed by atoms with Crippen LogP contribution in [-0.2, 0) is 24.1 Å². The summed E-state index contributed by atoms with van der Waals surface area (Å²) in [5, 5.41) is 45.1. The third-order valence-electron chi connectivity index (χ3n) is 3.16. The van der Waals surface area contributed by atoms with E-state index in [-0.39, 0.29) is 19.5 Å². The molecular formula is C12H20N2O10. The number of carboxylic acid groups (broad SMARTS) is 3. The Labute approximate surface area is 136 Å². The van der Waals surface area contributed by atoms with Gasteiger partial charge in [-0.2, -0.15) is 5.26 Å². The molecule has 12 heteroatoms. The molecular weight excluding hydrogens is 332 g/mol. The molecule has 0 bridgehead atoms. The highest BCUT2D eigenvalue weighted by Gasteiger charge is 2.43. The maximum Gasteiger partial charge on any atom is 0.388 e. The van der Waals surface area contributed by atoms with E-state index in [9.17, 15) is 24.3 Å². The van der Waals surface area contributed by atoms with Gasteiger partial charge in [-0.1, -0.05) is 6.92 Å². The average molecular weight is 352 g/mol. The summed E-state index contributed by atoms with van der Waals surface area (Å²) in [6.07, 6.45) is -0.336. The van der Waals surface area contributed by atoms with Gasteiger partial charge >= 0.3 is 23.9 Å². The van der Waals surface area contributed by atoms with Gasteiger partial charge in [0.05, 0.1) is 19.6 Å². The molecule has 0 aliphatic carbocycles. The fourth-order valence-electron chi connectivity index (χ4n) is 1.99. The van der Waals surface area contributed by atoms with Crippen molar-refractivity contribution < 1.29 is 49.7 Å². The van der Waals surface area contributed by atoms with Crippen molar-refractivity contribution in [2.45, 2.75) is 19.1 Å². The molecule has 0 amide bonds. The third-order valence-corrected chi connectivity index (χ3v) is 3.16. The highest BCUT2D eigenvalue weighted by molar-refractivity contribution is 5.79. The zero-order valence-corrected chi connectivity index (χ0v) is 12.9. The van der Waals surface area contributed by atoms with E-state index in [0.29, 0.717) is 0 Å². The fourth-order valence-corrected chi connectivity index (χ4v) is 1.99. The van der Waals surface area contributed by atoms with Crippen LogP contribution in [0.4, 0.5) is 0 Å². The van der Waals surface area contributed by atoms with Crippen molar-refractivity contribution in [3.05, 3.63) is 0 Å². The Kier molecular flexibility index (Phi) is 8.84. The minimum absolute atomic E-state index is 0.271. The maximum atomic E-state index is 11.5. The summed E-state index contributed by atoms with van der Waals surface area (Å²) in [7, 11) is 0. The largest absolute Gasteiger partial charge is 0.480 e. The van der Waals surface area contributed by atoms with Gasteiger partial charge in [-0.3, -0.25) is 29.1 Å². The second-order valence-corrected chi connectivity index (χ2v) is 4.86. The molecule has 0 aromatic rings. The van der Waals surface area contributed by atoms with Crippen molar-refractivity contribution in [2.75, 3.05) is 32.7 Å². The van der Waals surface area contributed by atoms with Crippen molar-refractivity contribution in [1.82, 2.24) is 9.80 Å². The lowest BCUT2D eigenvalue weighted by atomic mass is 10.1. The second-order valence-electron chi connectivity index (χ2n) is 4.86. The summed E-state index contributed by atoms with van der Waals surface area (Å²) in [4.78, 5) is 49.1. The Hall–Kier alpha value is -2.28. The first-order chi connectivity index (χ1) is 11.1. The molecule has 0 heterocycles. The Bertz CT molecular complexity index is 466. The van der Waals surface area contributed by atoms with Gasteiger partial charge in [-0.25, -0.2) is 4.79 Å².